The Balaban J connectivity index is 0.880. The van der Waals surface area contributed by atoms with Crippen LogP contribution in [0.5, 0.6) is 0 Å². The molecule has 0 unspecified atom stereocenters. The lowest BCUT2D eigenvalue weighted by Gasteiger charge is -2.34. The minimum Gasteiger partial charge on any atom is -0.453 e. The number of hydrogen-bond donors (Lipinski definition) is 4. The minimum atomic E-state index is -0.965. The van der Waals surface area contributed by atoms with E-state index in [1.807, 2.05) is 53.4 Å². The molecule has 354 valence electrons. The molecule has 6 aromatic rings. The number of ether oxygens (including phenoxy) is 3. The highest BCUT2D eigenvalue weighted by Gasteiger charge is 2.41. The van der Waals surface area contributed by atoms with Gasteiger partial charge in [-0.2, -0.15) is 0 Å². The second kappa shape index (κ2) is 19.6. The third-order valence-electron chi connectivity index (χ3n) is 13.0. The number of amides is 4. The second-order valence-corrected chi connectivity index (χ2v) is 18.6. The highest BCUT2D eigenvalue weighted by atomic mass is 19.1. The Morgan fingerprint density at radius 1 is 0.765 bits per heavy atom. The van der Waals surface area contributed by atoms with Gasteiger partial charge in [0.05, 0.1) is 54.2 Å². The van der Waals surface area contributed by atoms with Gasteiger partial charge in [0.15, 0.2) is 0 Å². The fourth-order valence-electron chi connectivity index (χ4n) is 9.59. The number of rotatable bonds is 11. The third kappa shape index (κ3) is 9.93. The molecule has 3 aromatic carbocycles. The molecule has 3 aliphatic heterocycles. The van der Waals surface area contributed by atoms with Crippen LogP contribution < -0.4 is 10.6 Å². The highest BCUT2D eigenvalue weighted by Crippen LogP contribution is 2.37. The van der Waals surface area contributed by atoms with Gasteiger partial charge in [0.25, 0.3) is 5.91 Å². The van der Waals surface area contributed by atoms with E-state index in [0.717, 1.165) is 35.9 Å². The van der Waals surface area contributed by atoms with Crippen molar-refractivity contribution in [3.8, 4) is 33.8 Å². The molecule has 0 radical (unpaired) electrons. The number of nitrogens with one attached hydrogen (secondary N) is 4. The average Bonchev–Trinajstić information content (AvgIpc) is 4.19. The number of hydrogen-bond acceptors (Lipinski definition) is 10. The maximum atomic E-state index is 16.0. The van der Waals surface area contributed by atoms with Gasteiger partial charge in [-0.1, -0.05) is 48.5 Å². The molecule has 9 rings (SSSR count). The fraction of sp³-hybridized carbons (Fsp3) is 0.392. The van der Waals surface area contributed by atoms with Crippen molar-refractivity contribution in [1.82, 2.24) is 45.4 Å². The van der Waals surface area contributed by atoms with E-state index < -0.39 is 35.7 Å². The molecule has 16 nitrogen and oxygen atoms in total. The lowest BCUT2D eigenvalue weighted by atomic mass is 9.90. The molecule has 3 saturated heterocycles. The normalized spacial score (nSPS) is 18.6. The smallest absolute Gasteiger partial charge is 0.408 e. The number of imidazole rings is 2. The largest absolute Gasteiger partial charge is 0.453 e. The molecule has 0 saturated carbocycles. The van der Waals surface area contributed by atoms with Gasteiger partial charge in [-0.05, 0) is 101 Å². The van der Waals surface area contributed by atoms with Crippen LogP contribution >= 0.6 is 0 Å². The number of methoxy groups -OCH3 is 1. The summed E-state index contributed by atoms with van der Waals surface area (Å²) in [7, 11) is 1.29. The Kier molecular flexibility index (Phi) is 13.3. The van der Waals surface area contributed by atoms with Crippen molar-refractivity contribution in [2.75, 3.05) is 33.4 Å². The number of carbonyl (C=O) groups is 4. The van der Waals surface area contributed by atoms with E-state index in [4.69, 9.17) is 24.2 Å². The molecule has 4 N–H and O–H groups in total. The number of alkyl carbamates (subject to hydrolysis) is 2. The molecular formula is C51H56FN9O7. The SMILES string of the molecule is COC(=O)N[C@H](C(=O)N1CCC[C@H]1c1ncc(-c2ccc3nc(-c4ccc(-c5cnc([C@@H]6CCCN6C(=O)[C@H](NC(=O)OC(C)(C)C)c6ccccc6)[nH]5)cc4F)ccc3c2)[nH]1)C1CCOCC1. The summed E-state index contributed by atoms with van der Waals surface area (Å²) >= 11 is 0. The summed E-state index contributed by atoms with van der Waals surface area (Å²) in [5.74, 6) is 0.301. The van der Waals surface area contributed by atoms with E-state index in [0.29, 0.717) is 90.8 Å². The molecule has 4 amide bonds. The third-order valence-corrected chi connectivity index (χ3v) is 13.0. The zero-order valence-electron chi connectivity index (χ0n) is 38.6. The summed E-state index contributed by atoms with van der Waals surface area (Å²) in [6.45, 7) is 7.40. The van der Waals surface area contributed by atoms with E-state index in [1.54, 1.807) is 62.3 Å². The van der Waals surface area contributed by atoms with Gasteiger partial charge < -0.3 is 44.6 Å². The molecular weight excluding hydrogens is 870 g/mol. The molecule has 3 fully saturated rings. The Labute approximate surface area is 393 Å². The summed E-state index contributed by atoms with van der Waals surface area (Å²) in [5, 5.41) is 6.43. The van der Waals surface area contributed by atoms with Crippen LogP contribution in [-0.2, 0) is 23.8 Å². The molecule has 0 aliphatic carbocycles. The van der Waals surface area contributed by atoms with Crippen molar-refractivity contribution in [1.29, 1.82) is 0 Å². The number of likely N-dealkylation sites (tertiary alicyclic amines) is 2. The first kappa shape index (κ1) is 46.0. The van der Waals surface area contributed by atoms with Crippen LogP contribution in [0.25, 0.3) is 44.7 Å². The van der Waals surface area contributed by atoms with Crippen LogP contribution in [0.2, 0.25) is 0 Å². The Hall–Kier alpha value is -7.14. The number of H-pyrrole nitrogens is 2. The van der Waals surface area contributed by atoms with Gasteiger partial charge in [0.1, 0.15) is 35.2 Å². The van der Waals surface area contributed by atoms with Crippen molar-refractivity contribution >= 4 is 34.9 Å². The molecule has 17 heteroatoms. The van der Waals surface area contributed by atoms with Crippen LogP contribution in [0.1, 0.15) is 94.6 Å². The van der Waals surface area contributed by atoms with E-state index in [1.165, 1.54) is 13.2 Å². The van der Waals surface area contributed by atoms with E-state index >= 15 is 4.39 Å². The lowest BCUT2D eigenvalue weighted by Crippen LogP contribution is -2.53. The molecule has 4 atom stereocenters. The topological polar surface area (TPSA) is 197 Å². The number of halogens is 1. The molecule has 0 spiro atoms. The van der Waals surface area contributed by atoms with E-state index in [2.05, 4.69) is 25.6 Å². The number of benzene rings is 3. The number of nitrogens with zero attached hydrogens (tertiary/aromatic N) is 5. The van der Waals surface area contributed by atoms with Gasteiger partial charge in [-0.25, -0.2) is 28.9 Å². The Morgan fingerprint density at radius 3 is 2.03 bits per heavy atom. The zero-order valence-corrected chi connectivity index (χ0v) is 38.6. The standard InChI is InChI=1S/C51H56FN9O7/c1-51(2,3)68-50(65)59-43(30-10-6-5-7-11-30)47(62)60-22-8-13-42(60)46-54-29-40(57-46)34-14-17-35(36(52)27-34)38-19-16-32-26-33(15-18-37(32)55-38)39-28-53-45(56-39)41-12-9-23-61(41)48(63)44(58-49(64)66-4)31-20-24-67-25-21-31/h5-7,10-11,14-19,26-29,31,41-44H,8-9,12-13,20-25H2,1-4H3,(H,53,56)(H,54,57)(H,58,64)(H,59,65)/t41-,42-,43+,44-/m0/s1. The number of carbonyl (C=O) groups excluding carboxylic acids is 4. The van der Waals surface area contributed by atoms with E-state index in [-0.39, 0.29) is 29.8 Å². The van der Waals surface area contributed by atoms with Crippen molar-refractivity contribution in [3.05, 3.63) is 114 Å². The minimum absolute atomic E-state index is 0.0595. The summed E-state index contributed by atoms with van der Waals surface area (Å²) in [5.41, 5.74) is 4.23. The second-order valence-electron chi connectivity index (χ2n) is 18.6. The summed E-state index contributed by atoms with van der Waals surface area (Å²) in [6, 6.07) is 21.2. The van der Waals surface area contributed by atoms with Crippen LogP contribution in [0, 0.1) is 11.7 Å². The Morgan fingerprint density at radius 2 is 1.40 bits per heavy atom. The first-order valence-corrected chi connectivity index (χ1v) is 23.2. The van der Waals surface area contributed by atoms with Crippen molar-refractivity contribution in [3.63, 3.8) is 0 Å². The quantitative estimate of drug-likeness (QED) is 0.0977. The number of fused-ring (bicyclic) bond motifs is 1. The van der Waals surface area contributed by atoms with E-state index in [9.17, 15) is 19.2 Å². The lowest BCUT2D eigenvalue weighted by molar-refractivity contribution is -0.137. The summed E-state index contributed by atoms with van der Waals surface area (Å²) in [4.78, 5) is 77.9. The predicted molar refractivity (Wildman–Crippen MR) is 251 cm³/mol. The molecule has 3 aromatic heterocycles. The monoisotopic (exact) mass is 925 g/mol. The van der Waals surface area contributed by atoms with Crippen molar-refractivity contribution < 1.29 is 37.8 Å². The maximum Gasteiger partial charge on any atom is 0.408 e. The zero-order chi connectivity index (χ0) is 47.5. The Bertz CT molecular complexity index is 2800. The maximum absolute atomic E-state index is 16.0. The van der Waals surface area contributed by atoms with Crippen molar-refractivity contribution in [2.24, 2.45) is 5.92 Å². The number of aromatic nitrogens is 5. The highest BCUT2D eigenvalue weighted by molar-refractivity contribution is 5.89. The first-order chi connectivity index (χ1) is 32.8. The van der Waals surface area contributed by atoms with Gasteiger partial charge in [0.2, 0.25) is 5.91 Å². The molecule has 0 bridgehead atoms. The number of pyridine rings is 1. The van der Waals surface area contributed by atoms with Crippen LogP contribution in [0.15, 0.2) is 91.3 Å². The molecule has 68 heavy (non-hydrogen) atoms. The van der Waals surface area contributed by atoms with Crippen LogP contribution in [0.4, 0.5) is 14.0 Å². The van der Waals surface area contributed by atoms with Gasteiger partial charge in [0, 0.05) is 48.4 Å². The number of aromatic amines is 2. The average molecular weight is 926 g/mol. The van der Waals surface area contributed by atoms with Gasteiger partial charge in [-0.15, -0.1) is 0 Å². The summed E-state index contributed by atoms with van der Waals surface area (Å²) < 4.78 is 31.9. The summed E-state index contributed by atoms with van der Waals surface area (Å²) in [6.07, 6.45) is 6.36. The predicted octanol–water partition coefficient (Wildman–Crippen LogP) is 8.57. The van der Waals surface area contributed by atoms with Gasteiger partial charge >= 0.3 is 12.2 Å². The van der Waals surface area contributed by atoms with Crippen LogP contribution in [-0.4, -0.2) is 104 Å². The van der Waals surface area contributed by atoms with Gasteiger partial charge in [-0.3, -0.25) is 9.59 Å². The van der Waals surface area contributed by atoms with Crippen LogP contribution in [0.3, 0.4) is 0 Å². The van der Waals surface area contributed by atoms with Crippen molar-refractivity contribution in [2.45, 2.75) is 89.1 Å². The first-order valence-electron chi connectivity index (χ1n) is 23.2. The molecule has 3 aliphatic rings. The fourth-order valence-corrected chi connectivity index (χ4v) is 9.59. The molecule has 6 heterocycles.